The fourth-order valence-corrected chi connectivity index (χ4v) is 2.27. The summed E-state index contributed by atoms with van der Waals surface area (Å²) in [5.74, 6) is -0.459. The lowest BCUT2D eigenvalue weighted by molar-refractivity contribution is -0.274. The van der Waals surface area contributed by atoms with Crippen LogP contribution < -0.4 is 10.1 Å². The second kappa shape index (κ2) is 4.80. The molecule has 3 rings (SSSR count). The molecule has 0 bridgehead atoms. The molecule has 2 aromatic rings. The Morgan fingerprint density at radius 1 is 1.05 bits per heavy atom. The molecule has 0 saturated carbocycles. The van der Waals surface area contributed by atoms with E-state index in [1.54, 1.807) is 24.3 Å². The van der Waals surface area contributed by atoms with E-state index in [9.17, 15) is 18.0 Å². The Kier molecular flexibility index (Phi) is 3.08. The molecule has 21 heavy (non-hydrogen) atoms. The first-order chi connectivity index (χ1) is 9.92. The molecule has 0 aliphatic carbocycles. The van der Waals surface area contributed by atoms with Crippen molar-refractivity contribution in [3.8, 4) is 16.9 Å². The zero-order valence-electron chi connectivity index (χ0n) is 10.7. The van der Waals surface area contributed by atoms with Gasteiger partial charge in [0.1, 0.15) is 5.75 Å². The van der Waals surface area contributed by atoms with Crippen molar-refractivity contribution < 1.29 is 22.7 Å². The van der Waals surface area contributed by atoms with Crippen LogP contribution in [0.2, 0.25) is 0 Å². The summed E-state index contributed by atoms with van der Waals surface area (Å²) in [6, 6.07) is 10.9. The number of hydrogen-bond acceptors (Lipinski definition) is 2. The van der Waals surface area contributed by atoms with Gasteiger partial charge in [0.15, 0.2) is 0 Å². The first-order valence-electron chi connectivity index (χ1n) is 6.20. The van der Waals surface area contributed by atoms with Gasteiger partial charge in [-0.3, -0.25) is 4.79 Å². The van der Waals surface area contributed by atoms with Crippen molar-refractivity contribution in [2.24, 2.45) is 0 Å². The molecule has 6 heteroatoms. The molecule has 0 unspecified atom stereocenters. The van der Waals surface area contributed by atoms with Gasteiger partial charge >= 0.3 is 6.36 Å². The Balaban J connectivity index is 1.96. The van der Waals surface area contributed by atoms with E-state index < -0.39 is 6.36 Å². The molecule has 1 N–H and O–H groups in total. The summed E-state index contributed by atoms with van der Waals surface area (Å²) < 4.78 is 40.6. The number of fused-ring (bicyclic) bond motifs is 1. The Morgan fingerprint density at radius 2 is 1.81 bits per heavy atom. The van der Waals surface area contributed by atoms with Gasteiger partial charge in [-0.1, -0.05) is 24.3 Å². The second-order valence-electron chi connectivity index (χ2n) is 4.63. The number of hydrogen-bond donors (Lipinski definition) is 1. The standard InChI is InChI=1S/C15H10F3NO2/c16-15(17,18)21-12-3-1-2-9(6-12)10-4-5-11-8-19-14(20)13(11)7-10/h1-7H,8H2,(H,19,20). The highest BCUT2D eigenvalue weighted by molar-refractivity contribution is 5.99. The maximum absolute atomic E-state index is 12.2. The van der Waals surface area contributed by atoms with E-state index in [4.69, 9.17) is 0 Å². The van der Waals surface area contributed by atoms with Crippen molar-refractivity contribution in [2.75, 3.05) is 0 Å². The van der Waals surface area contributed by atoms with Crippen LogP contribution >= 0.6 is 0 Å². The number of benzene rings is 2. The Bertz CT molecular complexity index is 710. The van der Waals surface area contributed by atoms with Gasteiger partial charge in [0.2, 0.25) is 0 Å². The van der Waals surface area contributed by atoms with Gasteiger partial charge in [0, 0.05) is 12.1 Å². The molecule has 0 radical (unpaired) electrons. The van der Waals surface area contributed by atoms with Crippen molar-refractivity contribution in [2.45, 2.75) is 12.9 Å². The zero-order valence-corrected chi connectivity index (χ0v) is 10.7. The Hall–Kier alpha value is -2.50. The van der Waals surface area contributed by atoms with E-state index in [1.807, 2.05) is 0 Å². The average molecular weight is 293 g/mol. The zero-order chi connectivity index (χ0) is 15.0. The van der Waals surface area contributed by atoms with Gasteiger partial charge in [0.25, 0.3) is 5.91 Å². The number of alkyl halides is 3. The van der Waals surface area contributed by atoms with Crippen molar-refractivity contribution >= 4 is 5.91 Å². The first-order valence-corrected chi connectivity index (χ1v) is 6.20. The van der Waals surface area contributed by atoms with Crippen LogP contribution in [0.4, 0.5) is 13.2 Å². The molecule has 1 aliphatic rings. The van der Waals surface area contributed by atoms with Crippen molar-refractivity contribution in [1.82, 2.24) is 5.32 Å². The third-order valence-corrected chi connectivity index (χ3v) is 3.19. The van der Waals surface area contributed by atoms with E-state index in [2.05, 4.69) is 10.1 Å². The van der Waals surface area contributed by atoms with E-state index in [0.29, 0.717) is 23.2 Å². The van der Waals surface area contributed by atoms with Crippen LogP contribution in [0.5, 0.6) is 5.75 Å². The minimum Gasteiger partial charge on any atom is -0.406 e. The lowest BCUT2D eigenvalue weighted by Gasteiger charge is -2.10. The normalized spacial score (nSPS) is 13.8. The lowest BCUT2D eigenvalue weighted by atomic mass is 10.0. The molecule has 1 amide bonds. The van der Waals surface area contributed by atoms with Gasteiger partial charge in [-0.25, -0.2) is 0 Å². The van der Waals surface area contributed by atoms with Crippen molar-refractivity contribution in [1.29, 1.82) is 0 Å². The summed E-state index contributed by atoms with van der Waals surface area (Å²) in [7, 11) is 0. The third kappa shape index (κ3) is 2.84. The molecule has 0 atom stereocenters. The van der Waals surface area contributed by atoms with Crippen LogP contribution in [0.1, 0.15) is 15.9 Å². The summed E-state index contributed by atoms with van der Waals surface area (Å²) in [5.41, 5.74) is 2.65. The van der Waals surface area contributed by atoms with Gasteiger partial charge in [0.05, 0.1) is 0 Å². The molecule has 108 valence electrons. The molecule has 1 aliphatic heterocycles. The molecule has 3 nitrogen and oxygen atoms in total. The first kappa shape index (κ1) is 13.5. The van der Waals surface area contributed by atoms with Gasteiger partial charge in [-0.2, -0.15) is 0 Å². The Labute approximate surface area is 118 Å². The maximum atomic E-state index is 12.2. The summed E-state index contributed by atoms with van der Waals surface area (Å²) in [5, 5.41) is 2.69. The Morgan fingerprint density at radius 3 is 2.57 bits per heavy atom. The number of nitrogens with one attached hydrogen (secondary N) is 1. The van der Waals surface area contributed by atoms with Crippen molar-refractivity contribution in [3.05, 3.63) is 53.6 Å². The fourth-order valence-electron chi connectivity index (χ4n) is 2.27. The highest BCUT2D eigenvalue weighted by Crippen LogP contribution is 2.29. The highest BCUT2D eigenvalue weighted by atomic mass is 19.4. The molecule has 1 heterocycles. The van der Waals surface area contributed by atoms with Gasteiger partial charge in [-0.15, -0.1) is 13.2 Å². The average Bonchev–Trinajstić information content (AvgIpc) is 2.78. The van der Waals surface area contributed by atoms with Gasteiger partial charge < -0.3 is 10.1 Å². The largest absolute Gasteiger partial charge is 0.573 e. The number of rotatable bonds is 2. The number of carbonyl (C=O) groups excluding carboxylic acids is 1. The lowest BCUT2D eigenvalue weighted by Crippen LogP contribution is -2.17. The van der Waals surface area contributed by atoms with E-state index in [0.717, 1.165) is 5.56 Å². The predicted molar refractivity (Wildman–Crippen MR) is 69.7 cm³/mol. The number of carbonyl (C=O) groups is 1. The minimum absolute atomic E-state index is 0.172. The molecule has 0 spiro atoms. The van der Waals surface area contributed by atoms with E-state index >= 15 is 0 Å². The topological polar surface area (TPSA) is 38.3 Å². The van der Waals surface area contributed by atoms with Crippen LogP contribution in [0.25, 0.3) is 11.1 Å². The summed E-state index contributed by atoms with van der Waals surface area (Å²) >= 11 is 0. The maximum Gasteiger partial charge on any atom is 0.573 e. The van der Waals surface area contributed by atoms with Crippen LogP contribution in [0, 0.1) is 0 Å². The van der Waals surface area contributed by atoms with Gasteiger partial charge in [-0.05, 0) is 34.9 Å². The monoisotopic (exact) mass is 293 g/mol. The quantitative estimate of drug-likeness (QED) is 0.920. The number of amides is 1. The fraction of sp³-hybridized carbons (Fsp3) is 0.133. The van der Waals surface area contributed by atoms with Crippen LogP contribution in [-0.4, -0.2) is 12.3 Å². The summed E-state index contributed by atoms with van der Waals surface area (Å²) in [6.45, 7) is 0.478. The summed E-state index contributed by atoms with van der Waals surface area (Å²) in [4.78, 5) is 11.6. The molecular formula is C15H10F3NO2. The molecule has 2 aromatic carbocycles. The molecular weight excluding hydrogens is 283 g/mol. The highest BCUT2D eigenvalue weighted by Gasteiger charge is 2.31. The minimum atomic E-state index is -4.73. The molecule has 0 aromatic heterocycles. The summed E-state index contributed by atoms with van der Waals surface area (Å²) in [6.07, 6.45) is -4.73. The molecule has 0 saturated heterocycles. The van der Waals surface area contributed by atoms with Crippen LogP contribution in [-0.2, 0) is 6.54 Å². The second-order valence-corrected chi connectivity index (χ2v) is 4.63. The van der Waals surface area contributed by atoms with Crippen LogP contribution in [0.3, 0.4) is 0 Å². The van der Waals surface area contributed by atoms with E-state index in [1.165, 1.54) is 18.2 Å². The number of ether oxygens (including phenoxy) is 1. The van der Waals surface area contributed by atoms with Crippen LogP contribution in [0.15, 0.2) is 42.5 Å². The number of halogens is 3. The predicted octanol–water partition coefficient (Wildman–Crippen LogP) is 3.50. The van der Waals surface area contributed by atoms with E-state index in [-0.39, 0.29) is 11.7 Å². The smallest absolute Gasteiger partial charge is 0.406 e. The van der Waals surface area contributed by atoms with Crippen molar-refractivity contribution in [3.63, 3.8) is 0 Å². The third-order valence-electron chi connectivity index (χ3n) is 3.19. The molecule has 0 fully saturated rings. The SMILES string of the molecule is O=C1NCc2ccc(-c3cccc(OC(F)(F)F)c3)cc21.